The van der Waals surface area contributed by atoms with Crippen molar-refractivity contribution in [2.45, 2.75) is 0 Å². The molecular formula is C31H2F20O5. The second-order valence-corrected chi connectivity index (χ2v) is 10.2. The molecule has 25 heteroatoms. The highest BCUT2D eigenvalue weighted by Gasteiger charge is 2.39. The number of hydrogen-bond acceptors (Lipinski definition) is 4. The molecule has 0 radical (unpaired) electrons. The van der Waals surface area contributed by atoms with E-state index in [1.807, 2.05) is 0 Å². The first-order chi connectivity index (χ1) is 26.0. The molecule has 0 amide bonds. The molecule has 1 N–H and O–H groups in total. The Bertz CT molecular complexity index is 2440. The van der Waals surface area contributed by atoms with E-state index in [0.717, 1.165) is 0 Å². The zero-order valence-electron chi connectivity index (χ0n) is 25.2. The minimum atomic E-state index is -3.14. The first-order valence-corrected chi connectivity index (χ1v) is 13.5. The summed E-state index contributed by atoms with van der Waals surface area (Å²) in [5.41, 5.74) is -7.49. The van der Waals surface area contributed by atoms with E-state index in [2.05, 4.69) is 14.2 Å². The quantitative estimate of drug-likeness (QED) is 0.0958. The van der Waals surface area contributed by atoms with Crippen molar-refractivity contribution >= 4 is 5.97 Å². The van der Waals surface area contributed by atoms with Crippen LogP contribution in [-0.2, 0) is 0 Å². The monoisotopic (exact) mass is 834 g/mol. The Labute approximate surface area is 292 Å². The predicted octanol–water partition coefficient (Wildman–Crippen LogP) is 11.2. The van der Waals surface area contributed by atoms with Gasteiger partial charge in [0.15, 0.2) is 34.8 Å². The molecular weight excluding hydrogens is 832 g/mol. The number of hydrogen-bond donors (Lipinski definition) is 1. The van der Waals surface area contributed by atoms with E-state index >= 15 is 8.78 Å². The molecule has 0 bridgehead atoms. The van der Waals surface area contributed by atoms with Crippen LogP contribution in [0.5, 0.6) is 34.5 Å². The van der Waals surface area contributed by atoms with Crippen molar-refractivity contribution < 1.29 is 112 Å². The van der Waals surface area contributed by atoms with Crippen molar-refractivity contribution in [2.75, 3.05) is 0 Å². The van der Waals surface area contributed by atoms with Gasteiger partial charge < -0.3 is 19.3 Å². The van der Waals surface area contributed by atoms with Gasteiger partial charge in [-0.05, 0) is 0 Å². The molecule has 5 aromatic rings. The van der Waals surface area contributed by atoms with Gasteiger partial charge in [-0.25, -0.2) is 66.3 Å². The van der Waals surface area contributed by atoms with Crippen molar-refractivity contribution in [1.29, 1.82) is 0 Å². The maximum atomic E-state index is 15.3. The average Bonchev–Trinajstić information content (AvgIpc) is 3.17. The average molecular weight is 834 g/mol. The molecule has 0 aliphatic rings. The molecule has 0 spiro atoms. The Balaban J connectivity index is 2.10. The van der Waals surface area contributed by atoms with Gasteiger partial charge in [0.1, 0.15) is 0 Å². The van der Waals surface area contributed by atoms with Crippen LogP contribution in [0, 0.1) is 116 Å². The highest BCUT2D eigenvalue weighted by molar-refractivity contribution is 6.00. The normalized spacial score (nSPS) is 11.4. The van der Waals surface area contributed by atoms with Gasteiger partial charge in [-0.2, -0.15) is 26.3 Å². The summed E-state index contributed by atoms with van der Waals surface area (Å²) in [6, 6.07) is -0.597. The lowest BCUT2D eigenvalue weighted by Gasteiger charge is -2.23. The first-order valence-electron chi connectivity index (χ1n) is 13.5. The Morgan fingerprint density at radius 1 is 0.321 bits per heavy atom. The molecule has 0 fully saturated rings. The molecule has 0 aromatic heterocycles. The number of benzene rings is 5. The number of aromatic carboxylic acids is 1. The summed E-state index contributed by atoms with van der Waals surface area (Å²) in [4.78, 5) is 12.4. The maximum absolute atomic E-state index is 15.3. The number of carboxylic acids is 1. The van der Waals surface area contributed by atoms with E-state index < -0.39 is 180 Å². The van der Waals surface area contributed by atoms with Crippen LogP contribution >= 0.6 is 0 Å². The van der Waals surface area contributed by atoms with E-state index in [4.69, 9.17) is 0 Å². The largest absolute Gasteiger partial charge is 0.478 e. The summed E-state index contributed by atoms with van der Waals surface area (Å²) in [5.74, 6) is -80.5. The lowest BCUT2D eigenvalue weighted by molar-refractivity contribution is 0.0696. The van der Waals surface area contributed by atoms with Gasteiger partial charge in [0.05, 0.1) is 11.1 Å². The molecule has 0 saturated heterocycles. The zero-order valence-corrected chi connectivity index (χ0v) is 25.2. The molecule has 0 aliphatic heterocycles. The fraction of sp³-hybridized carbons (Fsp3) is 0. The third kappa shape index (κ3) is 6.15. The minimum absolute atomic E-state index is 0.597. The van der Waals surface area contributed by atoms with Gasteiger partial charge in [-0.15, -0.1) is 0 Å². The predicted molar refractivity (Wildman–Crippen MR) is 138 cm³/mol. The third-order valence-electron chi connectivity index (χ3n) is 7.02. The minimum Gasteiger partial charge on any atom is -0.478 e. The van der Waals surface area contributed by atoms with Crippen LogP contribution in [-0.4, -0.2) is 11.1 Å². The van der Waals surface area contributed by atoms with Crippen LogP contribution in [0.4, 0.5) is 87.8 Å². The van der Waals surface area contributed by atoms with Gasteiger partial charge in [-0.1, -0.05) is 0 Å². The molecule has 0 saturated carbocycles. The Morgan fingerprint density at radius 2 is 0.571 bits per heavy atom. The summed E-state index contributed by atoms with van der Waals surface area (Å²) in [5, 5.41) is 9.87. The maximum Gasteiger partial charge on any atom is 0.336 e. The second-order valence-electron chi connectivity index (χ2n) is 10.2. The Kier molecular flexibility index (Phi) is 10.4. The molecule has 0 heterocycles. The molecule has 56 heavy (non-hydrogen) atoms. The van der Waals surface area contributed by atoms with E-state index in [9.17, 15) is 88.9 Å². The Morgan fingerprint density at radius 3 is 0.875 bits per heavy atom. The van der Waals surface area contributed by atoms with Crippen LogP contribution in [0.25, 0.3) is 11.1 Å². The van der Waals surface area contributed by atoms with Crippen LogP contribution in [0.2, 0.25) is 0 Å². The molecule has 0 atom stereocenters. The van der Waals surface area contributed by atoms with E-state index in [-0.39, 0.29) is 0 Å². The molecule has 296 valence electrons. The molecule has 5 aromatic carbocycles. The number of halogens is 20. The molecule has 0 unspecified atom stereocenters. The summed E-state index contributed by atoms with van der Waals surface area (Å²) in [6.45, 7) is 0. The van der Waals surface area contributed by atoms with Gasteiger partial charge in [-0.3, -0.25) is 0 Å². The van der Waals surface area contributed by atoms with Crippen molar-refractivity contribution in [3.05, 3.63) is 128 Å². The molecule has 0 aliphatic carbocycles. The fourth-order valence-electron chi connectivity index (χ4n) is 4.46. The zero-order chi connectivity index (χ0) is 42.1. The summed E-state index contributed by atoms with van der Waals surface area (Å²) in [7, 11) is 0. The summed E-state index contributed by atoms with van der Waals surface area (Å²) >= 11 is 0. The van der Waals surface area contributed by atoms with E-state index in [0.29, 0.717) is 0 Å². The second kappa shape index (κ2) is 14.3. The summed E-state index contributed by atoms with van der Waals surface area (Å²) < 4.78 is 302. The van der Waals surface area contributed by atoms with Gasteiger partial charge in [0, 0.05) is 11.6 Å². The summed E-state index contributed by atoms with van der Waals surface area (Å²) in [6.07, 6.45) is 0. The lowest BCUT2D eigenvalue weighted by Crippen LogP contribution is -2.12. The smallest absolute Gasteiger partial charge is 0.336 e. The number of rotatable bonds is 8. The highest BCUT2D eigenvalue weighted by Crippen LogP contribution is 2.54. The lowest BCUT2D eigenvalue weighted by atomic mass is 9.95. The molecule has 5 rings (SSSR count). The number of ether oxygens (including phenoxy) is 3. The third-order valence-corrected chi connectivity index (χ3v) is 7.02. The van der Waals surface area contributed by atoms with Gasteiger partial charge >= 0.3 is 5.97 Å². The highest BCUT2D eigenvalue weighted by atomic mass is 19.2. The molecule has 5 nitrogen and oxygen atoms in total. The number of carboxylic acid groups (broad SMARTS) is 1. The van der Waals surface area contributed by atoms with Crippen molar-refractivity contribution in [2.24, 2.45) is 0 Å². The fourth-order valence-corrected chi connectivity index (χ4v) is 4.46. The SMILES string of the molecule is O=C(O)c1cc(Oc2c(F)c(F)c(F)c(F)c2F)c(Oc2c(F)c(F)c(F)c(F)c2F)c(Oc2c(F)c(F)c(F)c(F)c2F)c1-c1c(F)c(F)c(F)c(F)c1F. The van der Waals surface area contributed by atoms with Crippen LogP contribution in [0.1, 0.15) is 10.4 Å². The van der Waals surface area contributed by atoms with Crippen molar-refractivity contribution in [1.82, 2.24) is 0 Å². The first kappa shape index (κ1) is 40.7. The van der Waals surface area contributed by atoms with Crippen molar-refractivity contribution in [3.63, 3.8) is 0 Å². The number of carbonyl (C=O) groups is 1. The van der Waals surface area contributed by atoms with Crippen LogP contribution in [0.15, 0.2) is 6.07 Å². The van der Waals surface area contributed by atoms with Crippen molar-refractivity contribution in [3.8, 4) is 45.6 Å². The van der Waals surface area contributed by atoms with E-state index in [1.54, 1.807) is 0 Å². The van der Waals surface area contributed by atoms with Crippen LogP contribution < -0.4 is 14.2 Å². The van der Waals surface area contributed by atoms with E-state index in [1.165, 1.54) is 0 Å². The standard InChI is InChI=1S/C31H2F20O5/c32-6-5(7(33)9(35)10(36)8(6)34)4-2(31(52)53)1-3(54-28-20(46)14(40)11(37)15(41)21(28)47)26(55-29-22(48)16(42)12(38)17(43)23(29)49)27(4)56-30-24(50)18(44)13(39)19(45)25(30)51/h1H,(H,52,53). The topological polar surface area (TPSA) is 65.0 Å². The van der Waals surface area contributed by atoms with Gasteiger partial charge in [0.25, 0.3) is 0 Å². The van der Waals surface area contributed by atoms with Crippen LogP contribution in [0.3, 0.4) is 0 Å². The van der Waals surface area contributed by atoms with Gasteiger partial charge in [0.2, 0.25) is 116 Å². The Hall–Kier alpha value is -6.43.